The van der Waals surface area contributed by atoms with E-state index in [9.17, 15) is 4.39 Å². The number of likely N-dealkylation sites (N-methyl/N-ethyl adjacent to an activating group) is 1. The van der Waals surface area contributed by atoms with Crippen LogP contribution in [0.4, 0.5) is 4.39 Å². The lowest BCUT2D eigenvalue weighted by molar-refractivity contribution is 0.621. The molecule has 0 atom stereocenters. The molecule has 0 aliphatic heterocycles. The smallest absolute Gasteiger partial charge is 0.125 e. The number of fused-ring (bicyclic) bond motifs is 1. The maximum atomic E-state index is 13.4. The molecular formula is C15H19FN2. The monoisotopic (exact) mass is 246 g/mol. The highest BCUT2D eigenvalue weighted by atomic mass is 19.1. The largest absolute Gasteiger partial charge is 0.348 e. The van der Waals surface area contributed by atoms with Crippen LogP contribution in [0.3, 0.4) is 0 Å². The number of nitrogens with zero attached hydrogens (tertiary/aromatic N) is 1. The molecule has 0 unspecified atom stereocenters. The van der Waals surface area contributed by atoms with Crippen molar-refractivity contribution in [2.75, 3.05) is 13.6 Å². The van der Waals surface area contributed by atoms with Gasteiger partial charge in [-0.15, -0.1) is 0 Å². The van der Waals surface area contributed by atoms with Crippen LogP contribution < -0.4 is 5.32 Å². The molecule has 0 spiro atoms. The van der Waals surface area contributed by atoms with Crippen LogP contribution in [0.2, 0.25) is 0 Å². The van der Waals surface area contributed by atoms with Crippen molar-refractivity contribution in [2.45, 2.75) is 25.2 Å². The lowest BCUT2D eigenvalue weighted by Crippen LogP contribution is -2.24. The normalized spacial score (nSPS) is 17.3. The van der Waals surface area contributed by atoms with Gasteiger partial charge in [0.05, 0.1) is 5.52 Å². The van der Waals surface area contributed by atoms with Crippen molar-refractivity contribution in [1.82, 2.24) is 9.88 Å². The molecule has 0 bridgehead atoms. The van der Waals surface area contributed by atoms with E-state index >= 15 is 0 Å². The van der Waals surface area contributed by atoms with Crippen LogP contribution >= 0.6 is 0 Å². The first-order valence-corrected chi connectivity index (χ1v) is 6.49. The fourth-order valence-corrected chi connectivity index (χ4v) is 3.21. The average molecular weight is 246 g/mol. The van der Waals surface area contributed by atoms with Crippen LogP contribution in [0.25, 0.3) is 10.9 Å². The Hall–Kier alpha value is -1.35. The Kier molecular flexibility index (Phi) is 2.49. The lowest BCUT2D eigenvalue weighted by Gasteiger charge is -2.15. The molecule has 2 nitrogen and oxygen atoms in total. The molecule has 1 aliphatic rings. The zero-order valence-corrected chi connectivity index (χ0v) is 11.2. The average Bonchev–Trinajstić information content (AvgIpc) is 3.06. The summed E-state index contributed by atoms with van der Waals surface area (Å²) < 4.78 is 15.5. The van der Waals surface area contributed by atoms with Crippen LogP contribution in [-0.4, -0.2) is 18.2 Å². The third-order valence-corrected chi connectivity index (χ3v) is 4.35. The first kappa shape index (κ1) is 11.7. The number of hydrogen-bond donors (Lipinski definition) is 1. The summed E-state index contributed by atoms with van der Waals surface area (Å²) in [5.74, 6) is -0.159. The van der Waals surface area contributed by atoms with E-state index < -0.39 is 0 Å². The molecule has 1 aromatic carbocycles. The quantitative estimate of drug-likeness (QED) is 0.881. The third kappa shape index (κ3) is 1.50. The summed E-state index contributed by atoms with van der Waals surface area (Å²) in [6.45, 7) is 3.15. The summed E-state index contributed by atoms with van der Waals surface area (Å²) in [7, 11) is 4.02. The predicted octanol–water partition coefficient (Wildman–Crippen LogP) is 2.88. The number of hydrogen-bond acceptors (Lipinski definition) is 1. The van der Waals surface area contributed by atoms with Gasteiger partial charge in [-0.1, -0.05) is 0 Å². The molecule has 1 aromatic heterocycles. The first-order valence-electron chi connectivity index (χ1n) is 6.49. The van der Waals surface area contributed by atoms with Crippen molar-refractivity contribution in [3.05, 3.63) is 35.3 Å². The van der Waals surface area contributed by atoms with Crippen LogP contribution in [0.15, 0.2) is 18.2 Å². The molecule has 1 heterocycles. The summed E-state index contributed by atoms with van der Waals surface area (Å²) in [6.07, 6.45) is 2.45. The minimum absolute atomic E-state index is 0.159. The maximum absolute atomic E-state index is 13.4. The van der Waals surface area contributed by atoms with Crippen molar-refractivity contribution in [2.24, 2.45) is 7.05 Å². The topological polar surface area (TPSA) is 17.0 Å². The second kappa shape index (κ2) is 3.82. The van der Waals surface area contributed by atoms with Crippen molar-refractivity contribution in [3.63, 3.8) is 0 Å². The van der Waals surface area contributed by atoms with Crippen molar-refractivity contribution in [1.29, 1.82) is 0 Å². The number of aromatic nitrogens is 1. The van der Waals surface area contributed by atoms with Crippen molar-refractivity contribution < 1.29 is 4.39 Å². The number of rotatable bonds is 3. The Morgan fingerprint density at radius 2 is 2.11 bits per heavy atom. The summed E-state index contributed by atoms with van der Waals surface area (Å²) >= 11 is 0. The Morgan fingerprint density at radius 1 is 1.39 bits per heavy atom. The second-order valence-electron chi connectivity index (χ2n) is 5.49. The van der Waals surface area contributed by atoms with E-state index in [1.165, 1.54) is 29.5 Å². The Balaban J connectivity index is 2.26. The minimum Gasteiger partial charge on any atom is -0.348 e. The van der Waals surface area contributed by atoms with E-state index in [1.54, 1.807) is 12.1 Å². The van der Waals surface area contributed by atoms with Gasteiger partial charge in [0.15, 0.2) is 0 Å². The van der Waals surface area contributed by atoms with E-state index in [-0.39, 0.29) is 11.2 Å². The fourth-order valence-electron chi connectivity index (χ4n) is 3.21. The summed E-state index contributed by atoms with van der Waals surface area (Å²) in [6, 6.07) is 5.14. The van der Waals surface area contributed by atoms with Gasteiger partial charge in [0.1, 0.15) is 5.82 Å². The highest BCUT2D eigenvalue weighted by molar-refractivity contribution is 5.87. The Bertz CT molecular complexity index is 608. The fraction of sp³-hybridized carbons (Fsp3) is 0.467. The van der Waals surface area contributed by atoms with Gasteiger partial charge in [-0.05, 0) is 50.6 Å². The highest BCUT2D eigenvalue weighted by Crippen LogP contribution is 2.51. The van der Waals surface area contributed by atoms with Crippen LogP contribution in [-0.2, 0) is 12.5 Å². The van der Waals surface area contributed by atoms with E-state index in [0.717, 1.165) is 12.1 Å². The number of aryl methyl sites for hydroxylation is 1. The molecule has 1 fully saturated rings. The highest BCUT2D eigenvalue weighted by Gasteiger charge is 2.46. The van der Waals surface area contributed by atoms with E-state index in [2.05, 4.69) is 16.8 Å². The van der Waals surface area contributed by atoms with Gasteiger partial charge in [0.2, 0.25) is 0 Å². The van der Waals surface area contributed by atoms with Gasteiger partial charge in [-0.3, -0.25) is 0 Å². The molecule has 0 saturated heterocycles. The standard InChI is InChI=1S/C15H19FN2/c1-10-14(15(6-7-15)9-17-2)12-5-4-11(16)8-13(12)18(10)3/h4-5,8,17H,6-7,9H2,1-3H3. The van der Waals surface area contributed by atoms with Gasteiger partial charge >= 0.3 is 0 Å². The summed E-state index contributed by atoms with van der Waals surface area (Å²) in [4.78, 5) is 0. The third-order valence-electron chi connectivity index (χ3n) is 4.35. The Labute approximate surface area is 107 Å². The molecule has 3 rings (SSSR count). The predicted molar refractivity (Wildman–Crippen MR) is 72.5 cm³/mol. The molecule has 0 radical (unpaired) electrons. The summed E-state index contributed by atoms with van der Waals surface area (Å²) in [5, 5.41) is 4.51. The van der Waals surface area contributed by atoms with Crippen LogP contribution in [0.5, 0.6) is 0 Å². The number of nitrogens with one attached hydrogen (secondary N) is 1. The molecule has 1 saturated carbocycles. The first-order chi connectivity index (χ1) is 8.59. The molecule has 3 heteroatoms. The van der Waals surface area contributed by atoms with Gasteiger partial charge in [-0.25, -0.2) is 4.39 Å². The zero-order chi connectivity index (χ0) is 12.9. The second-order valence-corrected chi connectivity index (χ2v) is 5.49. The zero-order valence-electron chi connectivity index (χ0n) is 11.2. The van der Waals surface area contributed by atoms with Crippen LogP contribution in [0.1, 0.15) is 24.1 Å². The van der Waals surface area contributed by atoms with Gasteiger partial charge in [-0.2, -0.15) is 0 Å². The van der Waals surface area contributed by atoms with E-state index in [0.29, 0.717) is 0 Å². The molecule has 2 aromatic rings. The van der Waals surface area contributed by atoms with Crippen LogP contribution in [0, 0.1) is 12.7 Å². The lowest BCUT2D eigenvalue weighted by atomic mass is 9.93. The van der Waals surface area contributed by atoms with Crippen molar-refractivity contribution in [3.8, 4) is 0 Å². The van der Waals surface area contributed by atoms with Gasteiger partial charge in [0, 0.05) is 30.1 Å². The molecule has 0 amide bonds. The minimum atomic E-state index is -0.159. The van der Waals surface area contributed by atoms with E-state index in [4.69, 9.17) is 0 Å². The maximum Gasteiger partial charge on any atom is 0.125 e. The molecular weight excluding hydrogens is 227 g/mol. The summed E-state index contributed by atoms with van der Waals surface area (Å²) in [5.41, 5.74) is 3.96. The molecule has 18 heavy (non-hydrogen) atoms. The Morgan fingerprint density at radius 3 is 2.72 bits per heavy atom. The SMILES string of the molecule is CNCC1(c2c(C)n(C)c3cc(F)ccc23)CC1. The van der Waals surface area contributed by atoms with Gasteiger partial charge in [0.25, 0.3) is 0 Å². The van der Waals surface area contributed by atoms with Crippen molar-refractivity contribution >= 4 is 10.9 Å². The van der Waals surface area contributed by atoms with E-state index in [1.807, 2.05) is 20.2 Å². The number of benzene rings is 1. The molecule has 96 valence electrons. The molecule has 1 aliphatic carbocycles. The van der Waals surface area contributed by atoms with Gasteiger partial charge < -0.3 is 9.88 Å². The molecule has 1 N–H and O–H groups in total. The number of halogens is 1.